The third-order valence-corrected chi connectivity index (χ3v) is 1.68. The Morgan fingerprint density at radius 2 is 2.21 bits per heavy atom. The molecule has 0 spiro atoms. The normalized spacial score (nSPS) is 9.50. The molecule has 0 aliphatic rings. The van der Waals surface area contributed by atoms with E-state index in [0.717, 1.165) is 12.1 Å². The van der Waals surface area contributed by atoms with E-state index >= 15 is 0 Å². The lowest BCUT2D eigenvalue weighted by atomic mass is 10.1. The number of carbonyl (C=O) groups is 1. The summed E-state index contributed by atoms with van der Waals surface area (Å²) in [4.78, 5) is 10.5. The van der Waals surface area contributed by atoms with Crippen molar-refractivity contribution in [1.29, 1.82) is 5.26 Å². The van der Waals surface area contributed by atoms with Crippen molar-refractivity contribution in [2.75, 3.05) is 0 Å². The van der Waals surface area contributed by atoms with Gasteiger partial charge in [0.25, 0.3) is 0 Å². The fourth-order valence-corrected chi connectivity index (χ4v) is 1.02. The molecule has 0 aromatic heterocycles. The van der Waals surface area contributed by atoms with Crippen molar-refractivity contribution in [3.05, 3.63) is 34.6 Å². The van der Waals surface area contributed by atoms with Crippen LogP contribution in [0.25, 0.3) is 0 Å². The molecular formula is C9H6FNO3. The highest BCUT2D eigenvalue weighted by Gasteiger charge is 2.15. The molecule has 0 amide bonds. The molecule has 0 fully saturated rings. The highest BCUT2D eigenvalue weighted by Crippen LogP contribution is 2.16. The number of aromatic carboxylic acids is 1. The summed E-state index contributed by atoms with van der Waals surface area (Å²) in [6.45, 7) is -0.637. The maximum atomic E-state index is 13.2. The van der Waals surface area contributed by atoms with E-state index in [4.69, 9.17) is 15.5 Å². The van der Waals surface area contributed by atoms with Crippen LogP contribution in [0, 0.1) is 17.1 Å². The van der Waals surface area contributed by atoms with Crippen LogP contribution < -0.4 is 0 Å². The van der Waals surface area contributed by atoms with E-state index in [2.05, 4.69) is 0 Å². The van der Waals surface area contributed by atoms with Gasteiger partial charge >= 0.3 is 5.97 Å². The maximum absolute atomic E-state index is 13.2. The Labute approximate surface area is 78.8 Å². The minimum Gasteiger partial charge on any atom is -0.478 e. The van der Waals surface area contributed by atoms with Gasteiger partial charge in [0.15, 0.2) is 0 Å². The molecule has 14 heavy (non-hydrogen) atoms. The number of benzene rings is 1. The summed E-state index contributed by atoms with van der Waals surface area (Å²) >= 11 is 0. The Morgan fingerprint density at radius 1 is 1.57 bits per heavy atom. The molecule has 0 radical (unpaired) electrons. The largest absolute Gasteiger partial charge is 0.478 e. The molecule has 1 rings (SSSR count). The molecule has 1 aromatic carbocycles. The molecule has 0 bridgehead atoms. The van der Waals surface area contributed by atoms with Gasteiger partial charge in [0.1, 0.15) is 5.82 Å². The summed E-state index contributed by atoms with van der Waals surface area (Å²) < 4.78 is 13.2. The monoisotopic (exact) mass is 195 g/mol. The third-order valence-electron chi connectivity index (χ3n) is 1.68. The molecule has 0 heterocycles. The second-order valence-corrected chi connectivity index (χ2v) is 2.57. The van der Waals surface area contributed by atoms with Crippen LogP contribution in [-0.2, 0) is 6.61 Å². The SMILES string of the molecule is N#Cc1cc(CO)c(F)c(C(=O)O)c1. The van der Waals surface area contributed by atoms with Crippen LogP contribution >= 0.6 is 0 Å². The average Bonchev–Trinajstić information content (AvgIpc) is 2.17. The summed E-state index contributed by atoms with van der Waals surface area (Å²) in [6.07, 6.45) is 0. The number of halogens is 1. The predicted octanol–water partition coefficient (Wildman–Crippen LogP) is 0.888. The van der Waals surface area contributed by atoms with Gasteiger partial charge in [-0.25, -0.2) is 9.18 Å². The summed E-state index contributed by atoms with van der Waals surface area (Å²) in [5.41, 5.74) is -0.789. The summed E-state index contributed by atoms with van der Waals surface area (Å²) in [7, 11) is 0. The quantitative estimate of drug-likeness (QED) is 0.734. The van der Waals surface area contributed by atoms with Gasteiger partial charge in [0.2, 0.25) is 0 Å². The number of aliphatic hydroxyl groups excluding tert-OH is 1. The predicted molar refractivity (Wildman–Crippen MR) is 44.0 cm³/mol. The van der Waals surface area contributed by atoms with E-state index in [-0.39, 0.29) is 11.1 Å². The van der Waals surface area contributed by atoms with E-state index in [9.17, 15) is 9.18 Å². The molecule has 0 aliphatic carbocycles. The van der Waals surface area contributed by atoms with Gasteiger partial charge < -0.3 is 10.2 Å². The number of aliphatic hydroxyl groups is 1. The number of hydrogen-bond acceptors (Lipinski definition) is 3. The van der Waals surface area contributed by atoms with Crippen molar-refractivity contribution in [3.63, 3.8) is 0 Å². The number of rotatable bonds is 2. The van der Waals surface area contributed by atoms with E-state index in [1.165, 1.54) is 0 Å². The zero-order valence-corrected chi connectivity index (χ0v) is 6.99. The van der Waals surface area contributed by atoms with Crippen molar-refractivity contribution < 1.29 is 19.4 Å². The van der Waals surface area contributed by atoms with Gasteiger partial charge in [-0.15, -0.1) is 0 Å². The minimum absolute atomic E-state index is 0.00727. The first-order chi connectivity index (χ1) is 6.60. The Kier molecular flexibility index (Phi) is 2.79. The van der Waals surface area contributed by atoms with Gasteiger partial charge in [0, 0.05) is 5.56 Å². The second kappa shape index (κ2) is 3.85. The molecule has 4 nitrogen and oxygen atoms in total. The molecule has 1 aromatic rings. The third kappa shape index (κ3) is 1.70. The molecular weight excluding hydrogens is 189 g/mol. The van der Waals surface area contributed by atoms with Gasteiger partial charge in [-0.3, -0.25) is 0 Å². The van der Waals surface area contributed by atoms with Gasteiger partial charge in [-0.05, 0) is 12.1 Å². The summed E-state index contributed by atoms with van der Waals surface area (Å²) in [5, 5.41) is 25.8. The number of hydrogen-bond donors (Lipinski definition) is 2. The first-order valence-electron chi connectivity index (χ1n) is 3.66. The lowest BCUT2D eigenvalue weighted by Gasteiger charge is -2.03. The van der Waals surface area contributed by atoms with Crippen molar-refractivity contribution in [2.45, 2.75) is 6.61 Å². The lowest BCUT2D eigenvalue weighted by molar-refractivity contribution is 0.0691. The maximum Gasteiger partial charge on any atom is 0.338 e. The molecule has 72 valence electrons. The highest BCUT2D eigenvalue weighted by molar-refractivity contribution is 5.88. The minimum atomic E-state index is -1.46. The molecule has 2 N–H and O–H groups in total. The van der Waals surface area contributed by atoms with E-state index in [0.29, 0.717) is 0 Å². The topological polar surface area (TPSA) is 81.3 Å². The molecule has 0 saturated carbocycles. The standard InChI is InChI=1S/C9H6FNO3/c10-8-6(4-12)1-5(3-11)2-7(8)9(13)14/h1-2,12H,4H2,(H,13,14). The zero-order chi connectivity index (χ0) is 10.7. The first-order valence-corrected chi connectivity index (χ1v) is 3.66. The van der Waals surface area contributed by atoms with Gasteiger partial charge in [-0.1, -0.05) is 0 Å². The van der Waals surface area contributed by atoms with Gasteiger partial charge in [0.05, 0.1) is 23.8 Å². The Balaban J connectivity index is 3.44. The molecule has 0 unspecified atom stereocenters. The van der Waals surface area contributed by atoms with Crippen molar-refractivity contribution in [2.24, 2.45) is 0 Å². The molecule has 0 atom stereocenters. The Morgan fingerprint density at radius 3 is 2.64 bits per heavy atom. The summed E-state index contributed by atoms with van der Waals surface area (Å²) in [5.74, 6) is -2.46. The van der Waals surface area contributed by atoms with Crippen LogP contribution in [0.3, 0.4) is 0 Å². The van der Waals surface area contributed by atoms with Crippen LogP contribution in [0.4, 0.5) is 4.39 Å². The second-order valence-electron chi connectivity index (χ2n) is 2.57. The highest BCUT2D eigenvalue weighted by atomic mass is 19.1. The van der Waals surface area contributed by atoms with Crippen LogP contribution in [0.15, 0.2) is 12.1 Å². The van der Waals surface area contributed by atoms with Crippen molar-refractivity contribution in [3.8, 4) is 6.07 Å². The van der Waals surface area contributed by atoms with E-state index in [1.807, 2.05) is 0 Å². The van der Waals surface area contributed by atoms with Crippen LogP contribution in [0.1, 0.15) is 21.5 Å². The molecule has 0 saturated heterocycles. The van der Waals surface area contributed by atoms with Crippen LogP contribution in [-0.4, -0.2) is 16.2 Å². The number of carboxylic acids is 1. The van der Waals surface area contributed by atoms with Crippen molar-refractivity contribution >= 4 is 5.97 Å². The Hall–Kier alpha value is -1.93. The number of nitrogens with zero attached hydrogens (tertiary/aromatic N) is 1. The average molecular weight is 195 g/mol. The first kappa shape index (κ1) is 10.2. The Bertz CT molecular complexity index is 423. The van der Waals surface area contributed by atoms with Crippen LogP contribution in [0.2, 0.25) is 0 Å². The zero-order valence-electron chi connectivity index (χ0n) is 6.99. The fraction of sp³-hybridized carbons (Fsp3) is 0.111. The van der Waals surface area contributed by atoms with E-state index < -0.39 is 24.0 Å². The van der Waals surface area contributed by atoms with E-state index in [1.54, 1.807) is 6.07 Å². The number of carboxylic acid groups (broad SMARTS) is 1. The van der Waals surface area contributed by atoms with Crippen LogP contribution in [0.5, 0.6) is 0 Å². The summed E-state index contributed by atoms with van der Waals surface area (Å²) in [6, 6.07) is 3.72. The van der Waals surface area contributed by atoms with Gasteiger partial charge in [-0.2, -0.15) is 5.26 Å². The molecule has 5 heteroatoms. The lowest BCUT2D eigenvalue weighted by Crippen LogP contribution is -2.05. The fourth-order valence-electron chi connectivity index (χ4n) is 1.02. The van der Waals surface area contributed by atoms with Crippen molar-refractivity contribution in [1.82, 2.24) is 0 Å². The smallest absolute Gasteiger partial charge is 0.338 e. The molecule has 0 aliphatic heterocycles. The number of nitriles is 1.